The predicted octanol–water partition coefficient (Wildman–Crippen LogP) is 5.31. The number of amides is 2. The first-order valence-corrected chi connectivity index (χ1v) is 9.37. The number of benzene rings is 3. The normalized spacial score (nSPS) is 11.3. The van der Waals surface area contributed by atoms with Crippen molar-refractivity contribution >= 4 is 35.2 Å². The summed E-state index contributed by atoms with van der Waals surface area (Å²) in [5.74, 6) is -0.896. The van der Waals surface area contributed by atoms with Gasteiger partial charge in [-0.1, -0.05) is 84.4 Å². The Hall–Kier alpha value is -3.63. The molecule has 0 radical (unpaired) electrons. The van der Waals surface area contributed by atoms with Crippen LogP contribution in [-0.4, -0.2) is 11.8 Å². The molecule has 0 aromatic heterocycles. The Morgan fingerprint density at radius 1 is 0.793 bits per heavy atom. The third-order valence-electron chi connectivity index (χ3n) is 3.99. The molecule has 3 rings (SSSR count). The molecule has 0 saturated heterocycles. The first-order chi connectivity index (χ1) is 14.1. The molecule has 0 aliphatic heterocycles. The topological polar surface area (TPSA) is 58.2 Å². The number of nitrogens with one attached hydrogen (secondary N) is 2. The number of carbonyl (C=O) groups is 2. The van der Waals surface area contributed by atoms with E-state index in [9.17, 15) is 9.59 Å². The second-order valence-electron chi connectivity index (χ2n) is 6.10. The second-order valence-corrected chi connectivity index (χ2v) is 6.51. The molecule has 144 valence electrons. The van der Waals surface area contributed by atoms with Crippen molar-refractivity contribution < 1.29 is 9.59 Å². The molecule has 0 bridgehead atoms. The van der Waals surface area contributed by atoms with Gasteiger partial charge in [0, 0.05) is 5.69 Å². The number of para-hydroxylation sites is 1. The Labute approximate surface area is 174 Å². The molecule has 2 amide bonds. The quantitative estimate of drug-likeness (QED) is 0.434. The summed E-state index contributed by atoms with van der Waals surface area (Å²) in [5.41, 5.74) is 2.00. The molecular weight excluding hydrogens is 384 g/mol. The van der Waals surface area contributed by atoms with Crippen LogP contribution < -0.4 is 10.6 Å². The van der Waals surface area contributed by atoms with Gasteiger partial charge in [0.2, 0.25) is 0 Å². The van der Waals surface area contributed by atoms with Crippen LogP contribution in [0.25, 0.3) is 6.08 Å². The number of hydrogen-bond acceptors (Lipinski definition) is 2. The molecule has 0 atom stereocenters. The van der Waals surface area contributed by atoms with Crippen molar-refractivity contribution in [2.24, 2.45) is 0 Å². The third kappa shape index (κ3) is 5.92. The minimum atomic E-state index is -0.460. The van der Waals surface area contributed by atoms with Gasteiger partial charge in [0.1, 0.15) is 5.70 Å². The van der Waals surface area contributed by atoms with Gasteiger partial charge in [-0.25, -0.2) is 0 Å². The van der Waals surface area contributed by atoms with Crippen molar-refractivity contribution in [2.45, 2.75) is 0 Å². The van der Waals surface area contributed by atoms with Gasteiger partial charge in [-0.3, -0.25) is 9.59 Å². The van der Waals surface area contributed by atoms with Crippen LogP contribution in [0, 0.1) is 0 Å². The highest BCUT2D eigenvalue weighted by molar-refractivity contribution is 6.34. The Morgan fingerprint density at radius 2 is 1.41 bits per heavy atom. The molecule has 3 aromatic carbocycles. The lowest BCUT2D eigenvalue weighted by atomic mass is 10.2. The standard InChI is InChI=1S/C24H19ClN2O2/c25-21-16-8-7-15-20(21)23(28)27-22(17-9-12-18-10-3-1-4-11-18)24(29)26-19-13-5-2-6-14-19/h1-17H,(H,26,29)(H,27,28). The minimum absolute atomic E-state index is 0.103. The van der Waals surface area contributed by atoms with Crippen LogP contribution in [0.15, 0.2) is 103 Å². The maximum Gasteiger partial charge on any atom is 0.272 e. The number of allylic oxidation sites excluding steroid dienone is 2. The zero-order chi connectivity index (χ0) is 20.5. The summed E-state index contributed by atoms with van der Waals surface area (Å²) in [6.45, 7) is 0. The molecule has 2 N–H and O–H groups in total. The summed E-state index contributed by atoms with van der Waals surface area (Å²) in [6.07, 6.45) is 5.11. The molecule has 29 heavy (non-hydrogen) atoms. The smallest absolute Gasteiger partial charge is 0.272 e. The largest absolute Gasteiger partial charge is 0.321 e. The summed E-state index contributed by atoms with van der Waals surface area (Å²) in [7, 11) is 0. The van der Waals surface area contributed by atoms with Gasteiger partial charge in [-0.05, 0) is 35.9 Å². The summed E-state index contributed by atoms with van der Waals surface area (Å²) in [6, 6.07) is 25.4. The van der Waals surface area contributed by atoms with Crippen molar-refractivity contribution in [3.63, 3.8) is 0 Å². The second kappa shape index (κ2) is 10.1. The van der Waals surface area contributed by atoms with Crippen LogP contribution in [0.4, 0.5) is 5.69 Å². The van der Waals surface area contributed by atoms with E-state index in [1.54, 1.807) is 48.6 Å². The van der Waals surface area contributed by atoms with E-state index in [0.29, 0.717) is 16.3 Å². The molecule has 0 spiro atoms. The molecule has 3 aromatic rings. The van der Waals surface area contributed by atoms with E-state index in [2.05, 4.69) is 10.6 Å². The third-order valence-corrected chi connectivity index (χ3v) is 4.32. The van der Waals surface area contributed by atoms with Crippen molar-refractivity contribution in [3.8, 4) is 0 Å². The van der Waals surface area contributed by atoms with Crippen molar-refractivity contribution in [3.05, 3.63) is 119 Å². The van der Waals surface area contributed by atoms with E-state index in [-0.39, 0.29) is 5.70 Å². The number of hydrogen-bond donors (Lipinski definition) is 2. The van der Waals surface area contributed by atoms with Gasteiger partial charge in [-0.15, -0.1) is 0 Å². The van der Waals surface area contributed by atoms with Gasteiger partial charge >= 0.3 is 0 Å². The van der Waals surface area contributed by atoms with Crippen LogP contribution >= 0.6 is 11.6 Å². The van der Waals surface area contributed by atoms with Crippen LogP contribution in [-0.2, 0) is 4.79 Å². The lowest BCUT2D eigenvalue weighted by Crippen LogP contribution is -2.30. The Kier molecular flexibility index (Phi) is 6.98. The average Bonchev–Trinajstić information content (AvgIpc) is 2.74. The number of carbonyl (C=O) groups excluding carboxylic acids is 2. The Balaban J connectivity index is 1.83. The fourth-order valence-electron chi connectivity index (χ4n) is 2.55. The number of rotatable bonds is 6. The maximum atomic E-state index is 12.7. The van der Waals surface area contributed by atoms with Crippen LogP contribution in [0.3, 0.4) is 0 Å². The van der Waals surface area contributed by atoms with E-state index in [0.717, 1.165) is 5.56 Å². The molecule has 0 aliphatic rings. The highest BCUT2D eigenvalue weighted by atomic mass is 35.5. The summed E-state index contributed by atoms with van der Waals surface area (Å²) in [5, 5.41) is 5.74. The summed E-state index contributed by atoms with van der Waals surface area (Å²) >= 11 is 6.10. The van der Waals surface area contributed by atoms with Gasteiger partial charge in [0.05, 0.1) is 10.6 Å². The zero-order valence-corrected chi connectivity index (χ0v) is 16.3. The Morgan fingerprint density at radius 3 is 2.10 bits per heavy atom. The molecular formula is C24H19ClN2O2. The predicted molar refractivity (Wildman–Crippen MR) is 118 cm³/mol. The minimum Gasteiger partial charge on any atom is -0.321 e. The molecule has 5 heteroatoms. The van der Waals surface area contributed by atoms with Gasteiger partial charge < -0.3 is 10.6 Å². The fraction of sp³-hybridized carbons (Fsp3) is 0. The molecule has 0 unspecified atom stereocenters. The highest BCUT2D eigenvalue weighted by Crippen LogP contribution is 2.15. The van der Waals surface area contributed by atoms with Crippen molar-refractivity contribution in [2.75, 3.05) is 5.32 Å². The van der Waals surface area contributed by atoms with Gasteiger partial charge in [-0.2, -0.15) is 0 Å². The summed E-state index contributed by atoms with van der Waals surface area (Å²) < 4.78 is 0. The lowest BCUT2D eigenvalue weighted by Gasteiger charge is -2.11. The number of anilines is 1. The van der Waals surface area contributed by atoms with Gasteiger partial charge in [0.15, 0.2) is 0 Å². The van der Waals surface area contributed by atoms with E-state index in [4.69, 9.17) is 11.6 Å². The van der Waals surface area contributed by atoms with E-state index < -0.39 is 11.8 Å². The van der Waals surface area contributed by atoms with Crippen molar-refractivity contribution in [1.82, 2.24) is 5.32 Å². The number of halogens is 1. The first kappa shape index (κ1) is 20.1. The summed E-state index contributed by atoms with van der Waals surface area (Å²) in [4.78, 5) is 25.4. The van der Waals surface area contributed by atoms with Gasteiger partial charge in [0.25, 0.3) is 11.8 Å². The van der Waals surface area contributed by atoms with E-state index in [1.807, 2.05) is 54.6 Å². The molecule has 0 heterocycles. The Bertz CT molecular complexity index is 1040. The van der Waals surface area contributed by atoms with E-state index >= 15 is 0 Å². The zero-order valence-electron chi connectivity index (χ0n) is 15.5. The average molecular weight is 403 g/mol. The molecule has 0 saturated carbocycles. The molecule has 0 fully saturated rings. The van der Waals surface area contributed by atoms with E-state index in [1.165, 1.54) is 0 Å². The fourth-order valence-corrected chi connectivity index (χ4v) is 2.77. The first-order valence-electron chi connectivity index (χ1n) is 8.99. The van der Waals surface area contributed by atoms with Crippen LogP contribution in [0.5, 0.6) is 0 Å². The highest BCUT2D eigenvalue weighted by Gasteiger charge is 2.16. The lowest BCUT2D eigenvalue weighted by molar-refractivity contribution is -0.113. The van der Waals surface area contributed by atoms with Crippen LogP contribution in [0.2, 0.25) is 5.02 Å². The monoisotopic (exact) mass is 402 g/mol. The molecule has 0 aliphatic carbocycles. The van der Waals surface area contributed by atoms with Crippen LogP contribution in [0.1, 0.15) is 15.9 Å². The SMILES string of the molecule is O=C(Nc1ccccc1)C(=CC=Cc1ccccc1)NC(=O)c1ccccc1Cl. The maximum absolute atomic E-state index is 12.7. The molecule has 4 nitrogen and oxygen atoms in total. The van der Waals surface area contributed by atoms with Crippen molar-refractivity contribution in [1.29, 1.82) is 0 Å².